The van der Waals surface area contributed by atoms with Gasteiger partial charge in [0, 0.05) is 4.83 Å². The summed E-state index contributed by atoms with van der Waals surface area (Å²) < 4.78 is 0. The molecule has 0 heterocycles. The molecule has 3 aromatic rings. The molecule has 0 radical (unpaired) electrons. The summed E-state index contributed by atoms with van der Waals surface area (Å²) in [5.74, 6) is 0. The molecule has 1 heteroatoms. The molecule has 0 N–H and O–H groups in total. The van der Waals surface area contributed by atoms with Crippen molar-refractivity contribution in [3.63, 3.8) is 0 Å². The first kappa shape index (κ1) is 9.67. The topological polar surface area (TPSA) is 0 Å². The van der Waals surface area contributed by atoms with Crippen molar-refractivity contribution in [2.24, 2.45) is 0 Å². The van der Waals surface area contributed by atoms with Gasteiger partial charge in [0.15, 0.2) is 0 Å². The van der Waals surface area contributed by atoms with Gasteiger partial charge in [-0.2, -0.15) is 0 Å². The summed E-state index contributed by atoms with van der Waals surface area (Å²) >= 11 is 3.78. The van der Waals surface area contributed by atoms with Crippen LogP contribution in [0.1, 0.15) is 16.8 Å². The van der Waals surface area contributed by atoms with Gasteiger partial charge in [-0.3, -0.25) is 0 Å². The fourth-order valence-electron chi connectivity index (χ4n) is 2.92. The van der Waals surface area contributed by atoms with E-state index in [1.54, 1.807) is 0 Å². The molecule has 0 nitrogen and oxygen atoms in total. The van der Waals surface area contributed by atoms with Crippen LogP contribution in [0.5, 0.6) is 0 Å². The standard InChI is InChI=1S/C16H11Br/c17-14-9-7-12-5-4-10-2-1-3-11-6-8-13(14)16(12)15(10)11/h1-8,14H,9H2. The van der Waals surface area contributed by atoms with E-state index in [0.29, 0.717) is 4.83 Å². The molecule has 1 aliphatic rings. The van der Waals surface area contributed by atoms with Gasteiger partial charge in [-0.15, -0.1) is 0 Å². The number of alkyl halides is 1. The molecule has 0 bridgehead atoms. The minimum atomic E-state index is 0.463. The molecule has 4 rings (SSSR count). The number of hydrogen-bond donors (Lipinski definition) is 0. The third-order valence-corrected chi connectivity index (χ3v) is 4.59. The molecule has 0 spiro atoms. The molecule has 1 atom stereocenters. The summed E-state index contributed by atoms with van der Waals surface area (Å²) in [4.78, 5) is 0.463. The van der Waals surface area contributed by atoms with Crippen molar-refractivity contribution in [1.29, 1.82) is 0 Å². The Hall–Kier alpha value is -1.34. The van der Waals surface area contributed by atoms with Crippen LogP contribution in [0, 0.1) is 0 Å². The molecular formula is C16H11Br. The normalized spacial score (nSPS) is 18.5. The third-order valence-electron chi connectivity index (χ3n) is 3.72. The lowest BCUT2D eigenvalue weighted by Crippen LogP contribution is -2.11. The fourth-order valence-corrected chi connectivity index (χ4v) is 3.49. The molecule has 82 valence electrons. The number of halogens is 1. The molecule has 1 unspecified atom stereocenters. The maximum Gasteiger partial charge on any atom is 0.0436 e. The predicted octanol–water partition coefficient (Wildman–Crippen LogP) is 4.33. The van der Waals surface area contributed by atoms with Crippen LogP contribution >= 0.6 is 15.9 Å². The van der Waals surface area contributed by atoms with E-state index < -0.39 is 0 Å². The molecule has 0 saturated heterocycles. The zero-order chi connectivity index (χ0) is 11.4. The zero-order valence-electron chi connectivity index (χ0n) is 9.28. The van der Waals surface area contributed by atoms with E-state index in [1.807, 2.05) is 0 Å². The average molecular weight is 283 g/mol. The van der Waals surface area contributed by atoms with Gasteiger partial charge < -0.3 is 0 Å². The van der Waals surface area contributed by atoms with Gasteiger partial charge >= 0.3 is 0 Å². The Morgan fingerprint density at radius 2 is 1.65 bits per heavy atom. The van der Waals surface area contributed by atoms with Crippen LogP contribution in [0.25, 0.3) is 27.6 Å². The quantitative estimate of drug-likeness (QED) is 0.539. The Bertz CT molecular complexity index is 770. The molecule has 1 aliphatic carbocycles. The van der Waals surface area contributed by atoms with Crippen LogP contribution < -0.4 is 5.22 Å². The predicted molar refractivity (Wildman–Crippen MR) is 77.4 cm³/mol. The maximum atomic E-state index is 3.78. The summed E-state index contributed by atoms with van der Waals surface area (Å²) in [6, 6.07) is 15.5. The van der Waals surface area contributed by atoms with Crippen LogP contribution in [0.2, 0.25) is 0 Å². The number of hydrogen-bond acceptors (Lipinski definition) is 0. The monoisotopic (exact) mass is 282 g/mol. The second kappa shape index (κ2) is 3.33. The van der Waals surface area contributed by atoms with Gasteiger partial charge in [-0.05, 0) is 38.7 Å². The van der Waals surface area contributed by atoms with Gasteiger partial charge in [0.1, 0.15) is 0 Å². The summed E-state index contributed by atoms with van der Waals surface area (Å²) in [5, 5.41) is 6.94. The van der Waals surface area contributed by atoms with Gasteiger partial charge in [0.2, 0.25) is 0 Å². The van der Waals surface area contributed by atoms with E-state index in [-0.39, 0.29) is 0 Å². The second-order valence-corrected chi connectivity index (χ2v) is 5.78. The molecule has 3 aromatic carbocycles. The van der Waals surface area contributed by atoms with E-state index in [4.69, 9.17) is 0 Å². The van der Waals surface area contributed by atoms with Gasteiger partial charge in [-0.25, -0.2) is 0 Å². The first-order valence-corrected chi connectivity index (χ1v) is 6.84. The molecule has 0 amide bonds. The van der Waals surface area contributed by atoms with Gasteiger partial charge in [0.25, 0.3) is 0 Å². The van der Waals surface area contributed by atoms with Crippen molar-refractivity contribution >= 4 is 43.6 Å². The molecule has 0 aromatic heterocycles. The highest BCUT2D eigenvalue weighted by Gasteiger charge is 2.16. The van der Waals surface area contributed by atoms with Crippen molar-refractivity contribution in [2.75, 3.05) is 0 Å². The minimum Gasteiger partial charge on any atom is -0.0835 e. The fraction of sp³-hybridized carbons (Fsp3) is 0.125. The Morgan fingerprint density at radius 3 is 2.47 bits per heavy atom. The summed E-state index contributed by atoms with van der Waals surface area (Å²) in [6.45, 7) is 0. The summed E-state index contributed by atoms with van der Waals surface area (Å²) in [6.07, 6.45) is 3.42. The molecule has 17 heavy (non-hydrogen) atoms. The number of benzene rings is 3. The van der Waals surface area contributed by atoms with Crippen molar-refractivity contribution in [3.8, 4) is 0 Å². The third kappa shape index (κ3) is 1.23. The van der Waals surface area contributed by atoms with E-state index in [9.17, 15) is 0 Å². The second-order valence-electron chi connectivity index (χ2n) is 4.67. The van der Waals surface area contributed by atoms with Gasteiger partial charge in [-0.1, -0.05) is 64.5 Å². The van der Waals surface area contributed by atoms with Crippen molar-refractivity contribution in [3.05, 3.63) is 53.2 Å². The lowest BCUT2D eigenvalue weighted by atomic mass is 9.90. The largest absolute Gasteiger partial charge is 0.0835 e. The lowest BCUT2D eigenvalue weighted by molar-refractivity contribution is 1.02. The Balaban J connectivity index is 2.40. The highest BCUT2D eigenvalue weighted by Crippen LogP contribution is 2.37. The Kier molecular flexibility index (Phi) is 1.89. The first-order chi connectivity index (χ1) is 8.34. The van der Waals surface area contributed by atoms with Crippen LogP contribution in [0.3, 0.4) is 0 Å². The van der Waals surface area contributed by atoms with Crippen molar-refractivity contribution < 1.29 is 0 Å². The summed E-state index contributed by atoms with van der Waals surface area (Å²) in [7, 11) is 0. The number of rotatable bonds is 0. The lowest BCUT2D eigenvalue weighted by Gasteiger charge is -2.18. The average Bonchev–Trinajstić information content (AvgIpc) is 2.38. The van der Waals surface area contributed by atoms with Gasteiger partial charge in [0.05, 0.1) is 0 Å². The van der Waals surface area contributed by atoms with Crippen LogP contribution in [0.4, 0.5) is 0 Å². The van der Waals surface area contributed by atoms with E-state index in [2.05, 4.69) is 64.5 Å². The Morgan fingerprint density at radius 1 is 0.882 bits per heavy atom. The van der Waals surface area contributed by atoms with E-state index in [1.165, 1.54) is 32.3 Å². The molecular weight excluding hydrogens is 272 g/mol. The zero-order valence-corrected chi connectivity index (χ0v) is 10.9. The maximum absolute atomic E-state index is 3.78. The van der Waals surface area contributed by atoms with Crippen LogP contribution in [0.15, 0.2) is 42.5 Å². The van der Waals surface area contributed by atoms with E-state index in [0.717, 1.165) is 6.42 Å². The van der Waals surface area contributed by atoms with Crippen molar-refractivity contribution in [2.45, 2.75) is 11.2 Å². The van der Waals surface area contributed by atoms with Crippen LogP contribution in [-0.2, 0) is 0 Å². The molecule has 0 saturated carbocycles. The first-order valence-electron chi connectivity index (χ1n) is 5.93. The smallest absolute Gasteiger partial charge is 0.0436 e. The summed E-state index contributed by atoms with van der Waals surface area (Å²) in [5.41, 5.74) is 1.44. The SMILES string of the molecule is BrC1CC=c2ccc3cccc4ccc1c2c43. The Labute approximate surface area is 108 Å². The van der Waals surface area contributed by atoms with E-state index >= 15 is 0 Å². The van der Waals surface area contributed by atoms with Crippen molar-refractivity contribution in [1.82, 2.24) is 0 Å². The molecule has 0 aliphatic heterocycles. The molecule has 0 fully saturated rings. The van der Waals surface area contributed by atoms with Crippen LogP contribution in [-0.4, -0.2) is 0 Å². The highest BCUT2D eigenvalue weighted by molar-refractivity contribution is 9.09. The minimum absolute atomic E-state index is 0.463. The highest BCUT2D eigenvalue weighted by atomic mass is 79.9.